The molecule has 0 aliphatic carbocycles. The molecule has 0 amide bonds. The Morgan fingerprint density at radius 1 is 1.50 bits per heavy atom. The maximum absolute atomic E-state index is 11.0. The number of nitro groups is 1. The van der Waals surface area contributed by atoms with Crippen LogP contribution in [0.2, 0.25) is 0 Å². The Balaban J connectivity index is 2.19. The van der Waals surface area contributed by atoms with Gasteiger partial charge in [-0.05, 0) is 35.3 Å². The van der Waals surface area contributed by atoms with Crippen LogP contribution in [-0.4, -0.2) is 29.0 Å². The molecule has 1 fully saturated rings. The number of rotatable bonds is 3. The first-order chi connectivity index (χ1) is 8.68. The van der Waals surface area contributed by atoms with Crippen LogP contribution in [-0.2, 0) is 0 Å². The van der Waals surface area contributed by atoms with Crippen LogP contribution in [0.25, 0.3) is 0 Å². The van der Waals surface area contributed by atoms with Gasteiger partial charge < -0.3 is 10.6 Å². The molecule has 2 N–H and O–H groups in total. The van der Waals surface area contributed by atoms with Crippen LogP contribution in [0, 0.1) is 10.1 Å². The largest absolute Gasteiger partial charge is 0.374 e. The average molecular weight is 315 g/mol. The number of halogens is 1. The molecule has 1 atom stereocenters. The summed E-state index contributed by atoms with van der Waals surface area (Å²) in [6, 6.07) is 0.213. The summed E-state index contributed by atoms with van der Waals surface area (Å²) in [5, 5.41) is 17.5. The van der Waals surface area contributed by atoms with Crippen molar-refractivity contribution in [2.45, 2.75) is 25.3 Å². The molecule has 1 aliphatic heterocycles. The van der Waals surface area contributed by atoms with E-state index in [4.69, 9.17) is 0 Å². The Kier molecular flexibility index (Phi) is 4.48. The normalized spacial score (nSPS) is 20.2. The molecule has 2 rings (SSSR count). The van der Waals surface area contributed by atoms with Gasteiger partial charge in [0.2, 0.25) is 0 Å². The van der Waals surface area contributed by atoms with Crippen molar-refractivity contribution in [2.75, 3.05) is 18.4 Å². The summed E-state index contributed by atoms with van der Waals surface area (Å²) in [5.74, 6) is 0. The second-order valence-electron chi connectivity index (χ2n) is 4.31. The highest BCUT2D eigenvalue weighted by Gasteiger charge is 2.21. The summed E-state index contributed by atoms with van der Waals surface area (Å²) in [7, 11) is 0. The van der Waals surface area contributed by atoms with Crippen LogP contribution in [0.3, 0.4) is 0 Å². The highest BCUT2D eigenvalue weighted by atomic mass is 79.9. The minimum Gasteiger partial charge on any atom is -0.374 e. The van der Waals surface area contributed by atoms with E-state index in [9.17, 15) is 10.1 Å². The maximum atomic E-state index is 11.0. The summed E-state index contributed by atoms with van der Waals surface area (Å²) in [5.41, 5.74) is 0.525. The fourth-order valence-electron chi connectivity index (χ4n) is 2.05. The molecule has 1 aromatic rings. The smallest absolute Gasteiger partial charge is 0.311 e. The standard InChI is InChI=1S/C11H15BrN4O2/c12-9-6-14-7-10(16(17)18)11(9)15-8-3-1-2-4-13-5-8/h6-8,13H,1-5H2,(H,14,15). The minimum atomic E-state index is -0.412. The third-order valence-corrected chi connectivity index (χ3v) is 3.57. The van der Waals surface area contributed by atoms with Gasteiger partial charge in [-0.25, -0.2) is 0 Å². The lowest BCUT2D eigenvalue weighted by atomic mass is 10.1. The summed E-state index contributed by atoms with van der Waals surface area (Å²) >= 11 is 3.31. The van der Waals surface area contributed by atoms with E-state index >= 15 is 0 Å². The van der Waals surface area contributed by atoms with Crippen molar-refractivity contribution >= 4 is 27.3 Å². The SMILES string of the molecule is O=[N+]([O-])c1cncc(Br)c1NC1CCCCNC1. The van der Waals surface area contributed by atoms with E-state index in [1.165, 1.54) is 6.20 Å². The molecule has 0 saturated carbocycles. The lowest BCUT2D eigenvalue weighted by Crippen LogP contribution is -2.31. The molecule has 0 aromatic carbocycles. The summed E-state index contributed by atoms with van der Waals surface area (Å²) in [6.45, 7) is 1.84. The third kappa shape index (κ3) is 3.17. The lowest BCUT2D eigenvalue weighted by Gasteiger charge is -2.18. The van der Waals surface area contributed by atoms with Gasteiger partial charge in [0.25, 0.3) is 0 Å². The van der Waals surface area contributed by atoms with Gasteiger partial charge in [0.1, 0.15) is 11.9 Å². The van der Waals surface area contributed by atoms with E-state index in [1.807, 2.05) is 0 Å². The van der Waals surface area contributed by atoms with Crippen LogP contribution >= 0.6 is 15.9 Å². The molecule has 0 spiro atoms. The van der Waals surface area contributed by atoms with Gasteiger partial charge >= 0.3 is 5.69 Å². The molecule has 1 aromatic heterocycles. The number of aromatic nitrogens is 1. The zero-order valence-electron chi connectivity index (χ0n) is 9.86. The van der Waals surface area contributed by atoms with Crippen molar-refractivity contribution in [1.82, 2.24) is 10.3 Å². The first kappa shape index (κ1) is 13.2. The Bertz CT molecular complexity index is 433. The topological polar surface area (TPSA) is 80.1 Å². The minimum absolute atomic E-state index is 0.00798. The van der Waals surface area contributed by atoms with Gasteiger partial charge in [-0.2, -0.15) is 0 Å². The molecule has 0 radical (unpaired) electrons. The number of pyridine rings is 1. The van der Waals surface area contributed by atoms with Crippen LogP contribution in [0.5, 0.6) is 0 Å². The molecule has 1 aliphatic rings. The molecular formula is C11H15BrN4O2. The molecule has 0 bridgehead atoms. The van der Waals surface area contributed by atoms with Gasteiger partial charge in [0, 0.05) is 18.8 Å². The number of anilines is 1. The van der Waals surface area contributed by atoms with E-state index in [0.29, 0.717) is 10.2 Å². The molecule has 18 heavy (non-hydrogen) atoms. The maximum Gasteiger partial charge on any atom is 0.311 e. The van der Waals surface area contributed by atoms with E-state index in [2.05, 4.69) is 31.5 Å². The van der Waals surface area contributed by atoms with Crippen molar-refractivity contribution in [3.05, 3.63) is 27.0 Å². The zero-order valence-corrected chi connectivity index (χ0v) is 11.4. The first-order valence-corrected chi connectivity index (χ1v) is 6.73. The molecular weight excluding hydrogens is 300 g/mol. The van der Waals surface area contributed by atoms with Crippen molar-refractivity contribution in [1.29, 1.82) is 0 Å². The lowest BCUT2D eigenvalue weighted by molar-refractivity contribution is -0.384. The fraction of sp³-hybridized carbons (Fsp3) is 0.545. The highest BCUT2D eigenvalue weighted by Crippen LogP contribution is 2.32. The molecule has 1 saturated heterocycles. The summed E-state index contributed by atoms with van der Waals surface area (Å²) < 4.78 is 0.626. The Labute approximate surface area is 113 Å². The van der Waals surface area contributed by atoms with Crippen molar-refractivity contribution in [3.63, 3.8) is 0 Å². The first-order valence-electron chi connectivity index (χ1n) is 5.93. The van der Waals surface area contributed by atoms with Crippen LogP contribution < -0.4 is 10.6 Å². The van der Waals surface area contributed by atoms with Gasteiger partial charge in [-0.1, -0.05) is 6.42 Å². The molecule has 6 nitrogen and oxygen atoms in total. The Morgan fingerprint density at radius 2 is 2.33 bits per heavy atom. The van der Waals surface area contributed by atoms with Gasteiger partial charge in [-0.3, -0.25) is 15.1 Å². The Morgan fingerprint density at radius 3 is 3.11 bits per heavy atom. The average Bonchev–Trinajstić information content (AvgIpc) is 2.60. The molecule has 1 unspecified atom stereocenters. The second kappa shape index (κ2) is 6.10. The van der Waals surface area contributed by atoms with Gasteiger partial charge in [-0.15, -0.1) is 0 Å². The van der Waals surface area contributed by atoms with Crippen LogP contribution in [0.15, 0.2) is 16.9 Å². The number of hydrogen-bond acceptors (Lipinski definition) is 5. The second-order valence-corrected chi connectivity index (χ2v) is 5.17. The number of nitrogens with one attached hydrogen (secondary N) is 2. The monoisotopic (exact) mass is 314 g/mol. The highest BCUT2D eigenvalue weighted by molar-refractivity contribution is 9.10. The van der Waals surface area contributed by atoms with Gasteiger partial charge in [0.05, 0.1) is 9.40 Å². The van der Waals surface area contributed by atoms with Crippen LogP contribution in [0.1, 0.15) is 19.3 Å². The van der Waals surface area contributed by atoms with E-state index < -0.39 is 4.92 Å². The predicted octanol–water partition coefficient (Wildman–Crippen LogP) is 2.31. The quantitative estimate of drug-likeness (QED) is 0.661. The van der Waals surface area contributed by atoms with E-state index in [-0.39, 0.29) is 11.7 Å². The van der Waals surface area contributed by atoms with Crippen molar-refractivity contribution in [2.24, 2.45) is 0 Å². The molecule has 98 valence electrons. The number of hydrogen-bond donors (Lipinski definition) is 2. The van der Waals surface area contributed by atoms with Gasteiger partial charge in [0.15, 0.2) is 0 Å². The Hall–Kier alpha value is -1.21. The van der Waals surface area contributed by atoms with Crippen molar-refractivity contribution in [3.8, 4) is 0 Å². The third-order valence-electron chi connectivity index (χ3n) is 2.97. The molecule has 2 heterocycles. The van der Waals surface area contributed by atoms with Crippen LogP contribution in [0.4, 0.5) is 11.4 Å². The summed E-state index contributed by atoms with van der Waals surface area (Å²) in [4.78, 5) is 14.4. The molecule has 7 heteroatoms. The zero-order chi connectivity index (χ0) is 13.0. The fourth-order valence-corrected chi connectivity index (χ4v) is 2.49. The summed E-state index contributed by atoms with van der Waals surface area (Å²) in [6.07, 6.45) is 6.13. The van der Waals surface area contributed by atoms with E-state index in [0.717, 1.165) is 32.4 Å². The predicted molar refractivity (Wildman–Crippen MR) is 72.7 cm³/mol. The van der Waals surface area contributed by atoms with Crippen molar-refractivity contribution < 1.29 is 4.92 Å². The number of nitrogens with zero attached hydrogens (tertiary/aromatic N) is 2. The van der Waals surface area contributed by atoms with E-state index in [1.54, 1.807) is 6.20 Å².